The quantitative estimate of drug-likeness (QED) is 0.773. The highest BCUT2D eigenvalue weighted by atomic mass is 16.3. The van der Waals surface area contributed by atoms with Crippen LogP contribution >= 0.6 is 0 Å². The van der Waals surface area contributed by atoms with E-state index >= 15 is 0 Å². The van der Waals surface area contributed by atoms with Crippen molar-refractivity contribution in [1.82, 2.24) is 5.32 Å². The van der Waals surface area contributed by atoms with Gasteiger partial charge in [-0.1, -0.05) is 20.8 Å². The van der Waals surface area contributed by atoms with Crippen LogP contribution in [-0.4, -0.2) is 5.54 Å². The van der Waals surface area contributed by atoms with Crippen molar-refractivity contribution >= 4 is 0 Å². The fraction of sp³-hybridized carbons (Fsp3) is 0.692. The molecule has 0 saturated carbocycles. The van der Waals surface area contributed by atoms with E-state index in [1.54, 1.807) is 0 Å². The SMILES string of the molecule is CCC(CC)(CC)NCc1ccc(C)o1. The lowest BCUT2D eigenvalue weighted by Gasteiger charge is -2.31. The maximum Gasteiger partial charge on any atom is 0.117 e. The lowest BCUT2D eigenvalue weighted by atomic mass is 9.90. The van der Waals surface area contributed by atoms with Crippen LogP contribution < -0.4 is 5.32 Å². The van der Waals surface area contributed by atoms with Gasteiger partial charge in [0.2, 0.25) is 0 Å². The van der Waals surface area contributed by atoms with Crippen molar-refractivity contribution in [2.45, 2.75) is 59.0 Å². The molecule has 0 bridgehead atoms. The molecular formula is C13H23NO. The molecule has 0 saturated heterocycles. The Morgan fingerprint density at radius 1 is 1.13 bits per heavy atom. The van der Waals surface area contributed by atoms with Crippen LogP contribution in [0.1, 0.15) is 51.6 Å². The summed E-state index contributed by atoms with van der Waals surface area (Å²) >= 11 is 0. The number of hydrogen-bond donors (Lipinski definition) is 1. The van der Waals surface area contributed by atoms with Crippen molar-refractivity contribution in [3.05, 3.63) is 23.7 Å². The van der Waals surface area contributed by atoms with Crippen LogP contribution in [0.5, 0.6) is 0 Å². The summed E-state index contributed by atoms with van der Waals surface area (Å²) in [4.78, 5) is 0. The van der Waals surface area contributed by atoms with Crippen LogP contribution in [0.4, 0.5) is 0 Å². The van der Waals surface area contributed by atoms with Crippen molar-refractivity contribution in [1.29, 1.82) is 0 Å². The first kappa shape index (κ1) is 12.3. The van der Waals surface area contributed by atoms with E-state index in [0.29, 0.717) is 0 Å². The van der Waals surface area contributed by atoms with Crippen LogP contribution in [0.3, 0.4) is 0 Å². The molecule has 0 aromatic carbocycles. The summed E-state index contributed by atoms with van der Waals surface area (Å²) in [5.74, 6) is 2.02. The first-order valence-corrected chi connectivity index (χ1v) is 5.96. The first-order chi connectivity index (χ1) is 7.15. The van der Waals surface area contributed by atoms with Gasteiger partial charge in [0.25, 0.3) is 0 Å². The summed E-state index contributed by atoms with van der Waals surface area (Å²) in [6.45, 7) is 9.55. The van der Waals surface area contributed by atoms with Crippen molar-refractivity contribution in [3.8, 4) is 0 Å². The topological polar surface area (TPSA) is 25.2 Å². The van der Waals surface area contributed by atoms with Gasteiger partial charge in [0.15, 0.2) is 0 Å². The maximum atomic E-state index is 5.55. The molecule has 0 atom stereocenters. The van der Waals surface area contributed by atoms with Gasteiger partial charge in [-0.15, -0.1) is 0 Å². The third kappa shape index (κ3) is 3.10. The van der Waals surface area contributed by atoms with Crippen LogP contribution in [-0.2, 0) is 6.54 Å². The van der Waals surface area contributed by atoms with Crippen LogP contribution in [0.2, 0.25) is 0 Å². The average Bonchev–Trinajstić information content (AvgIpc) is 2.67. The van der Waals surface area contributed by atoms with Crippen LogP contribution in [0.25, 0.3) is 0 Å². The van der Waals surface area contributed by atoms with E-state index in [-0.39, 0.29) is 5.54 Å². The smallest absolute Gasteiger partial charge is 0.117 e. The second-order valence-electron chi connectivity index (χ2n) is 4.21. The Bertz CT molecular complexity index is 278. The van der Waals surface area contributed by atoms with Gasteiger partial charge in [0.1, 0.15) is 11.5 Å². The molecule has 1 rings (SSSR count). The summed E-state index contributed by atoms with van der Waals surface area (Å²) in [5, 5.41) is 3.62. The van der Waals surface area contributed by atoms with Gasteiger partial charge in [-0.2, -0.15) is 0 Å². The van der Waals surface area contributed by atoms with Crippen molar-refractivity contribution in [2.75, 3.05) is 0 Å². The minimum Gasteiger partial charge on any atom is -0.465 e. The van der Waals surface area contributed by atoms with E-state index in [1.807, 2.05) is 19.1 Å². The number of nitrogens with one attached hydrogen (secondary N) is 1. The Balaban J connectivity index is 2.54. The summed E-state index contributed by atoms with van der Waals surface area (Å²) < 4.78 is 5.55. The summed E-state index contributed by atoms with van der Waals surface area (Å²) in [6.07, 6.45) is 3.50. The molecule has 0 unspecified atom stereocenters. The molecule has 0 radical (unpaired) electrons. The molecule has 1 aromatic heterocycles. The predicted molar refractivity (Wildman–Crippen MR) is 63.9 cm³/mol. The molecule has 0 aliphatic heterocycles. The van der Waals surface area contributed by atoms with Gasteiger partial charge in [-0.05, 0) is 38.3 Å². The fourth-order valence-corrected chi connectivity index (χ4v) is 1.98. The monoisotopic (exact) mass is 209 g/mol. The Labute approximate surface area is 93.1 Å². The fourth-order valence-electron chi connectivity index (χ4n) is 1.98. The van der Waals surface area contributed by atoms with Crippen molar-refractivity contribution < 1.29 is 4.42 Å². The average molecular weight is 209 g/mol. The van der Waals surface area contributed by atoms with E-state index in [4.69, 9.17) is 4.42 Å². The number of rotatable bonds is 6. The van der Waals surface area contributed by atoms with Crippen LogP contribution in [0, 0.1) is 6.92 Å². The highest BCUT2D eigenvalue weighted by Crippen LogP contribution is 2.20. The van der Waals surface area contributed by atoms with E-state index in [9.17, 15) is 0 Å². The van der Waals surface area contributed by atoms with Crippen molar-refractivity contribution in [3.63, 3.8) is 0 Å². The Hall–Kier alpha value is -0.760. The number of aryl methyl sites for hydroxylation is 1. The summed E-state index contributed by atoms with van der Waals surface area (Å²) in [7, 11) is 0. The normalized spacial score (nSPS) is 12.0. The Morgan fingerprint density at radius 3 is 2.13 bits per heavy atom. The molecule has 0 amide bonds. The van der Waals surface area contributed by atoms with E-state index in [2.05, 4.69) is 26.1 Å². The Kier molecular flexibility index (Phi) is 4.40. The summed E-state index contributed by atoms with van der Waals surface area (Å²) in [6, 6.07) is 4.07. The highest BCUT2D eigenvalue weighted by Gasteiger charge is 2.22. The van der Waals surface area contributed by atoms with Gasteiger partial charge in [0.05, 0.1) is 6.54 Å². The standard InChI is InChI=1S/C13H23NO/c1-5-13(6-2,7-3)14-10-12-9-8-11(4)15-12/h8-9,14H,5-7,10H2,1-4H3. The summed E-state index contributed by atoms with van der Waals surface area (Å²) in [5.41, 5.74) is 0.278. The second-order valence-corrected chi connectivity index (χ2v) is 4.21. The lowest BCUT2D eigenvalue weighted by Crippen LogP contribution is -2.42. The number of furan rings is 1. The van der Waals surface area contributed by atoms with Crippen LogP contribution in [0.15, 0.2) is 16.5 Å². The highest BCUT2D eigenvalue weighted by molar-refractivity contribution is 5.05. The molecule has 15 heavy (non-hydrogen) atoms. The minimum atomic E-state index is 0.278. The molecule has 1 heterocycles. The molecule has 86 valence electrons. The molecule has 1 aromatic rings. The zero-order chi connectivity index (χ0) is 11.3. The van der Waals surface area contributed by atoms with Gasteiger partial charge in [0, 0.05) is 5.54 Å². The molecule has 0 aliphatic rings. The third-order valence-electron chi connectivity index (χ3n) is 3.46. The molecule has 2 heteroatoms. The zero-order valence-electron chi connectivity index (χ0n) is 10.4. The van der Waals surface area contributed by atoms with Gasteiger partial charge < -0.3 is 9.73 Å². The third-order valence-corrected chi connectivity index (χ3v) is 3.46. The molecular weight excluding hydrogens is 186 g/mol. The molecule has 0 spiro atoms. The van der Waals surface area contributed by atoms with Gasteiger partial charge >= 0.3 is 0 Å². The van der Waals surface area contributed by atoms with E-state index in [0.717, 1.165) is 18.1 Å². The van der Waals surface area contributed by atoms with Crippen molar-refractivity contribution in [2.24, 2.45) is 0 Å². The predicted octanol–water partition coefficient (Wildman–Crippen LogP) is 3.65. The zero-order valence-corrected chi connectivity index (χ0v) is 10.4. The molecule has 2 nitrogen and oxygen atoms in total. The second kappa shape index (κ2) is 5.36. The van der Waals surface area contributed by atoms with E-state index < -0.39 is 0 Å². The molecule has 1 N–H and O–H groups in total. The van der Waals surface area contributed by atoms with Gasteiger partial charge in [-0.25, -0.2) is 0 Å². The largest absolute Gasteiger partial charge is 0.465 e. The maximum absolute atomic E-state index is 5.55. The molecule has 0 fully saturated rings. The first-order valence-electron chi connectivity index (χ1n) is 5.96. The van der Waals surface area contributed by atoms with Gasteiger partial charge in [-0.3, -0.25) is 0 Å². The number of hydrogen-bond acceptors (Lipinski definition) is 2. The molecule has 0 aliphatic carbocycles. The minimum absolute atomic E-state index is 0.278. The Morgan fingerprint density at radius 2 is 1.73 bits per heavy atom. The lowest BCUT2D eigenvalue weighted by molar-refractivity contribution is 0.276. The van der Waals surface area contributed by atoms with E-state index in [1.165, 1.54) is 19.3 Å².